The highest BCUT2D eigenvalue weighted by atomic mass is 79.9. The summed E-state index contributed by atoms with van der Waals surface area (Å²) in [5.74, 6) is 0.651. The zero-order chi connectivity index (χ0) is 13.9. The van der Waals surface area contributed by atoms with Crippen molar-refractivity contribution in [3.05, 3.63) is 58.2 Å². The average molecular weight is 376 g/mol. The first-order chi connectivity index (χ1) is 9.75. The number of rotatable bonds is 3. The fourth-order valence-electron chi connectivity index (χ4n) is 2.64. The number of furan rings is 1. The third-order valence-corrected chi connectivity index (χ3v) is 4.27. The summed E-state index contributed by atoms with van der Waals surface area (Å²) in [6.45, 7) is 3.79. The molecular weight excluding hydrogens is 359 g/mol. The van der Waals surface area contributed by atoms with E-state index in [0.717, 1.165) is 42.0 Å². The van der Waals surface area contributed by atoms with Crippen LogP contribution in [-0.2, 0) is 0 Å². The van der Waals surface area contributed by atoms with Crippen LogP contribution in [0.1, 0.15) is 17.4 Å². The molecule has 1 fully saturated rings. The summed E-state index contributed by atoms with van der Waals surface area (Å²) < 4.78 is 19.7. The van der Waals surface area contributed by atoms with Gasteiger partial charge in [0, 0.05) is 30.7 Å². The first kappa shape index (κ1) is 16.5. The van der Waals surface area contributed by atoms with Gasteiger partial charge in [0.05, 0.1) is 12.3 Å². The smallest absolute Gasteiger partial charge is 0.125 e. The first-order valence-corrected chi connectivity index (χ1v) is 7.48. The minimum absolute atomic E-state index is 0. The van der Waals surface area contributed by atoms with Crippen LogP contribution in [0, 0.1) is 5.82 Å². The van der Waals surface area contributed by atoms with Gasteiger partial charge < -0.3 is 9.73 Å². The Bertz CT molecular complexity index is 573. The molecule has 0 spiro atoms. The van der Waals surface area contributed by atoms with Gasteiger partial charge in [0.2, 0.25) is 0 Å². The van der Waals surface area contributed by atoms with Crippen molar-refractivity contribution in [3.8, 4) is 0 Å². The van der Waals surface area contributed by atoms with Crippen molar-refractivity contribution in [1.82, 2.24) is 10.2 Å². The maximum atomic E-state index is 13.3. The van der Waals surface area contributed by atoms with Crippen molar-refractivity contribution in [1.29, 1.82) is 0 Å². The Hall–Kier alpha value is -0.880. The first-order valence-electron chi connectivity index (χ1n) is 6.69. The topological polar surface area (TPSA) is 28.4 Å². The Morgan fingerprint density at radius 2 is 2.00 bits per heavy atom. The van der Waals surface area contributed by atoms with Crippen LogP contribution in [0.4, 0.5) is 4.39 Å². The molecule has 0 bridgehead atoms. The fourth-order valence-corrected chi connectivity index (χ4v) is 3.21. The zero-order valence-corrected chi connectivity index (χ0v) is 13.8. The fraction of sp³-hybridized carbons (Fsp3) is 0.333. The van der Waals surface area contributed by atoms with E-state index < -0.39 is 0 Å². The molecule has 1 N–H and O–H groups in total. The van der Waals surface area contributed by atoms with Crippen molar-refractivity contribution in [2.75, 3.05) is 26.2 Å². The average Bonchev–Trinajstić information content (AvgIpc) is 2.97. The van der Waals surface area contributed by atoms with Gasteiger partial charge >= 0.3 is 0 Å². The largest absolute Gasteiger partial charge is 0.467 e. The van der Waals surface area contributed by atoms with E-state index in [1.165, 1.54) is 12.1 Å². The Morgan fingerprint density at radius 3 is 2.62 bits per heavy atom. The van der Waals surface area contributed by atoms with Gasteiger partial charge in [-0.3, -0.25) is 4.90 Å². The maximum Gasteiger partial charge on any atom is 0.125 e. The molecule has 1 aliphatic heterocycles. The van der Waals surface area contributed by atoms with Crippen molar-refractivity contribution < 1.29 is 8.81 Å². The van der Waals surface area contributed by atoms with Gasteiger partial charge in [-0.2, -0.15) is 0 Å². The van der Waals surface area contributed by atoms with Gasteiger partial charge in [0.15, 0.2) is 0 Å². The molecule has 6 heteroatoms. The van der Waals surface area contributed by atoms with Crippen molar-refractivity contribution in [2.45, 2.75) is 6.04 Å². The Labute approximate surface area is 138 Å². The summed E-state index contributed by atoms with van der Waals surface area (Å²) in [7, 11) is 0. The Balaban J connectivity index is 0.00000161. The summed E-state index contributed by atoms with van der Waals surface area (Å²) in [5, 5.41) is 3.35. The molecule has 1 atom stereocenters. The van der Waals surface area contributed by atoms with Gasteiger partial charge in [0.25, 0.3) is 0 Å². The number of nitrogens with zero attached hydrogens (tertiary/aromatic N) is 1. The number of hydrogen-bond acceptors (Lipinski definition) is 3. The summed E-state index contributed by atoms with van der Waals surface area (Å²) >= 11 is 3.48. The minimum Gasteiger partial charge on any atom is -0.467 e. The molecule has 1 aliphatic rings. The number of nitrogens with one attached hydrogen (secondary N) is 1. The van der Waals surface area contributed by atoms with Crippen LogP contribution in [-0.4, -0.2) is 31.1 Å². The lowest BCUT2D eigenvalue weighted by Gasteiger charge is -2.34. The number of halogens is 3. The van der Waals surface area contributed by atoms with E-state index in [2.05, 4.69) is 26.1 Å². The molecule has 114 valence electrons. The second kappa shape index (κ2) is 7.40. The lowest BCUT2D eigenvalue weighted by molar-refractivity contribution is 0.179. The minimum atomic E-state index is -0.237. The van der Waals surface area contributed by atoms with Crippen LogP contribution in [0.3, 0.4) is 0 Å². The molecule has 0 radical (unpaired) electrons. The number of piperazine rings is 1. The molecule has 2 heterocycles. The molecule has 1 saturated heterocycles. The van der Waals surface area contributed by atoms with Crippen LogP contribution >= 0.6 is 28.3 Å². The van der Waals surface area contributed by atoms with E-state index in [-0.39, 0.29) is 24.3 Å². The van der Waals surface area contributed by atoms with Gasteiger partial charge in [-0.25, -0.2) is 4.39 Å². The molecule has 3 nitrogen and oxygen atoms in total. The summed E-state index contributed by atoms with van der Waals surface area (Å²) in [6, 6.07) is 8.72. The standard InChI is InChI=1S/C15H16BrFN2O.ClH/c16-13-10-11(17)3-4-12(13)15(14-2-1-9-20-14)19-7-5-18-6-8-19;/h1-4,9-10,15,18H,5-8H2;1H/t15-;/m1./s1. The van der Waals surface area contributed by atoms with Crippen LogP contribution in [0.15, 0.2) is 45.5 Å². The Kier molecular flexibility index (Phi) is 5.81. The lowest BCUT2D eigenvalue weighted by Crippen LogP contribution is -2.45. The normalized spacial score (nSPS) is 17.2. The molecule has 3 rings (SSSR count). The molecular formula is C15H17BrClFN2O. The maximum absolute atomic E-state index is 13.3. The molecule has 0 unspecified atom stereocenters. The number of hydrogen-bond donors (Lipinski definition) is 1. The van der Waals surface area contributed by atoms with Crippen molar-refractivity contribution in [3.63, 3.8) is 0 Å². The van der Waals surface area contributed by atoms with Gasteiger partial charge in [-0.05, 0) is 29.8 Å². The molecule has 21 heavy (non-hydrogen) atoms. The molecule has 1 aromatic carbocycles. The van der Waals surface area contributed by atoms with Crippen LogP contribution in [0.25, 0.3) is 0 Å². The highest BCUT2D eigenvalue weighted by Crippen LogP contribution is 2.34. The number of benzene rings is 1. The van der Waals surface area contributed by atoms with E-state index in [1.54, 1.807) is 6.26 Å². The van der Waals surface area contributed by atoms with Crippen molar-refractivity contribution in [2.24, 2.45) is 0 Å². The Morgan fingerprint density at radius 1 is 1.24 bits per heavy atom. The molecule has 0 aliphatic carbocycles. The van der Waals surface area contributed by atoms with E-state index in [0.29, 0.717) is 0 Å². The molecule has 0 saturated carbocycles. The quantitative estimate of drug-likeness (QED) is 0.888. The lowest BCUT2D eigenvalue weighted by atomic mass is 10.0. The summed E-state index contributed by atoms with van der Waals surface area (Å²) in [5.41, 5.74) is 1.03. The summed E-state index contributed by atoms with van der Waals surface area (Å²) in [6.07, 6.45) is 1.68. The van der Waals surface area contributed by atoms with E-state index in [1.807, 2.05) is 18.2 Å². The molecule has 1 aromatic heterocycles. The third-order valence-electron chi connectivity index (χ3n) is 3.59. The van der Waals surface area contributed by atoms with E-state index in [9.17, 15) is 4.39 Å². The predicted molar refractivity (Wildman–Crippen MR) is 86.3 cm³/mol. The van der Waals surface area contributed by atoms with Gasteiger partial charge in [0.1, 0.15) is 11.6 Å². The van der Waals surface area contributed by atoms with Crippen LogP contribution in [0.5, 0.6) is 0 Å². The summed E-state index contributed by atoms with van der Waals surface area (Å²) in [4.78, 5) is 2.35. The molecule has 0 amide bonds. The second-order valence-electron chi connectivity index (χ2n) is 4.87. The van der Waals surface area contributed by atoms with Crippen LogP contribution < -0.4 is 5.32 Å². The monoisotopic (exact) mass is 374 g/mol. The van der Waals surface area contributed by atoms with Gasteiger partial charge in [-0.1, -0.05) is 22.0 Å². The van der Waals surface area contributed by atoms with Crippen LogP contribution in [0.2, 0.25) is 0 Å². The predicted octanol–water partition coefficient (Wildman–Crippen LogP) is 3.60. The molecule has 2 aromatic rings. The zero-order valence-electron chi connectivity index (χ0n) is 11.4. The van der Waals surface area contributed by atoms with Gasteiger partial charge in [-0.15, -0.1) is 12.4 Å². The van der Waals surface area contributed by atoms with E-state index in [4.69, 9.17) is 4.42 Å². The SMILES string of the molecule is Cl.Fc1ccc([C@H](c2ccco2)N2CCNCC2)c(Br)c1. The highest BCUT2D eigenvalue weighted by Gasteiger charge is 2.27. The third kappa shape index (κ3) is 3.66. The van der Waals surface area contributed by atoms with E-state index >= 15 is 0 Å². The highest BCUT2D eigenvalue weighted by molar-refractivity contribution is 9.10. The second-order valence-corrected chi connectivity index (χ2v) is 5.72. The van der Waals surface area contributed by atoms with Crippen molar-refractivity contribution >= 4 is 28.3 Å².